The molecule has 2 nitrogen and oxygen atoms in total. The van der Waals surface area contributed by atoms with E-state index in [0.29, 0.717) is 15.2 Å². The minimum Gasteiger partial charge on any atom is -0.489 e. The first-order chi connectivity index (χ1) is 13.4. The van der Waals surface area contributed by atoms with Gasteiger partial charge in [-0.25, -0.2) is 0 Å². The van der Waals surface area contributed by atoms with Crippen molar-refractivity contribution in [1.29, 1.82) is 0 Å². The highest BCUT2D eigenvalue weighted by Gasteiger charge is 2.26. The maximum atomic E-state index is 6.24. The molecular weight excluding hydrogens is 361 g/mol. The molecule has 0 N–H and O–H groups in total. The molecule has 0 aliphatic heterocycles. The Morgan fingerprint density at radius 2 is 1.57 bits per heavy atom. The van der Waals surface area contributed by atoms with E-state index in [0.717, 1.165) is 5.75 Å². The van der Waals surface area contributed by atoms with Crippen LogP contribution >= 0.6 is 8.58 Å². The third-order valence-electron chi connectivity index (χ3n) is 4.88. The standard InChI is InChI=1S/C25H30NOP/c1-19-15-16-24(22(17-19)26(4)5)28-25(2,3)21-13-9-10-14-23(21)27-18-20-11-7-6-8-12-20/h6-17,28H,18H2,1-5H3. The lowest BCUT2D eigenvalue weighted by atomic mass is 10.0. The van der Waals surface area contributed by atoms with Gasteiger partial charge in [-0.2, -0.15) is 0 Å². The van der Waals surface area contributed by atoms with Crippen LogP contribution < -0.4 is 14.9 Å². The molecule has 1 atom stereocenters. The van der Waals surface area contributed by atoms with Gasteiger partial charge in [-0.1, -0.05) is 83.1 Å². The van der Waals surface area contributed by atoms with Crippen molar-refractivity contribution in [1.82, 2.24) is 0 Å². The average molecular weight is 391 g/mol. The summed E-state index contributed by atoms with van der Waals surface area (Å²) >= 11 is 0. The molecule has 1 unspecified atom stereocenters. The van der Waals surface area contributed by atoms with Gasteiger partial charge in [0, 0.05) is 30.5 Å². The van der Waals surface area contributed by atoms with Gasteiger partial charge in [0.05, 0.1) is 0 Å². The Kier molecular flexibility index (Phi) is 6.42. The van der Waals surface area contributed by atoms with E-state index in [9.17, 15) is 0 Å². The highest BCUT2D eigenvalue weighted by Crippen LogP contribution is 2.45. The number of hydrogen-bond donors (Lipinski definition) is 0. The summed E-state index contributed by atoms with van der Waals surface area (Å²) in [7, 11) is 4.88. The Morgan fingerprint density at radius 3 is 2.29 bits per heavy atom. The van der Waals surface area contributed by atoms with Crippen molar-refractivity contribution in [2.45, 2.75) is 32.5 Å². The molecular formula is C25H30NOP. The number of benzene rings is 3. The van der Waals surface area contributed by atoms with E-state index in [1.807, 2.05) is 6.07 Å². The van der Waals surface area contributed by atoms with Gasteiger partial charge in [0.2, 0.25) is 0 Å². The highest BCUT2D eigenvalue weighted by atomic mass is 31.1. The second-order valence-corrected chi connectivity index (χ2v) is 9.97. The van der Waals surface area contributed by atoms with Crippen LogP contribution in [0, 0.1) is 6.92 Å². The van der Waals surface area contributed by atoms with Crippen molar-refractivity contribution in [2.24, 2.45) is 0 Å². The monoisotopic (exact) mass is 391 g/mol. The van der Waals surface area contributed by atoms with E-state index in [1.54, 1.807) is 0 Å². The lowest BCUT2D eigenvalue weighted by molar-refractivity contribution is 0.301. The molecule has 0 amide bonds. The van der Waals surface area contributed by atoms with Gasteiger partial charge in [-0.15, -0.1) is 0 Å². The summed E-state index contributed by atoms with van der Waals surface area (Å²) in [5.41, 5.74) is 5.04. The van der Waals surface area contributed by atoms with Crippen LogP contribution in [0.15, 0.2) is 72.8 Å². The third kappa shape index (κ3) is 4.94. The summed E-state index contributed by atoms with van der Waals surface area (Å²) in [6, 6.07) is 25.6. The molecule has 146 valence electrons. The molecule has 3 aromatic carbocycles. The SMILES string of the molecule is Cc1ccc(PC(C)(C)c2ccccc2OCc2ccccc2)c(N(C)C)c1. The number of rotatable bonds is 7. The Hall–Kier alpha value is -2.31. The van der Waals surface area contributed by atoms with Crippen molar-refractivity contribution in [3.8, 4) is 5.75 Å². The normalized spacial score (nSPS) is 11.8. The van der Waals surface area contributed by atoms with E-state index in [2.05, 4.69) is 106 Å². The van der Waals surface area contributed by atoms with Crippen LogP contribution in [0.25, 0.3) is 0 Å². The molecule has 0 bridgehead atoms. The van der Waals surface area contributed by atoms with Crippen LogP contribution in [-0.4, -0.2) is 14.1 Å². The molecule has 3 heteroatoms. The second kappa shape index (κ2) is 8.80. The van der Waals surface area contributed by atoms with Crippen LogP contribution in [0.3, 0.4) is 0 Å². The first kappa shape index (κ1) is 20.4. The maximum Gasteiger partial charge on any atom is 0.123 e. The molecule has 0 spiro atoms. The zero-order valence-corrected chi connectivity index (χ0v) is 18.5. The summed E-state index contributed by atoms with van der Waals surface area (Å²) in [6.07, 6.45) is 0. The van der Waals surface area contributed by atoms with Gasteiger partial charge < -0.3 is 9.64 Å². The first-order valence-electron chi connectivity index (χ1n) is 9.69. The van der Waals surface area contributed by atoms with Crippen molar-refractivity contribution < 1.29 is 4.74 Å². The summed E-state index contributed by atoms with van der Waals surface area (Å²) in [5.74, 6) is 0.974. The highest BCUT2D eigenvalue weighted by molar-refractivity contribution is 7.49. The smallest absolute Gasteiger partial charge is 0.123 e. The lowest BCUT2D eigenvalue weighted by Gasteiger charge is -2.30. The molecule has 3 rings (SSSR count). The van der Waals surface area contributed by atoms with Crippen molar-refractivity contribution in [2.75, 3.05) is 19.0 Å². The summed E-state index contributed by atoms with van der Waals surface area (Å²) in [5, 5.41) is 1.37. The van der Waals surface area contributed by atoms with Crippen molar-refractivity contribution >= 4 is 19.6 Å². The fourth-order valence-corrected chi connectivity index (χ4v) is 4.97. The third-order valence-corrected chi connectivity index (χ3v) is 6.47. The summed E-state index contributed by atoms with van der Waals surface area (Å²) < 4.78 is 6.24. The van der Waals surface area contributed by atoms with Gasteiger partial charge in [-0.05, 0) is 35.5 Å². The molecule has 0 heterocycles. The molecule has 0 saturated heterocycles. The molecule has 0 aliphatic rings. The molecule has 0 aromatic heterocycles. The molecule has 3 aromatic rings. The van der Waals surface area contributed by atoms with Crippen LogP contribution in [0.4, 0.5) is 5.69 Å². The fraction of sp³-hybridized carbons (Fsp3) is 0.280. The predicted molar refractivity (Wildman–Crippen MR) is 124 cm³/mol. The van der Waals surface area contributed by atoms with E-state index in [1.165, 1.54) is 27.7 Å². The van der Waals surface area contributed by atoms with Crippen LogP contribution in [-0.2, 0) is 11.8 Å². The second-order valence-electron chi connectivity index (χ2n) is 7.94. The van der Waals surface area contributed by atoms with E-state index >= 15 is 0 Å². The zero-order valence-electron chi connectivity index (χ0n) is 17.5. The zero-order chi connectivity index (χ0) is 20.1. The molecule has 28 heavy (non-hydrogen) atoms. The van der Waals surface area contributed by atoms with Gasteiger partial charge >= 0.3 is 0 Å². The first-order valence-corrected chi connectivity index (χ1v) is 10.7. The molecule has 0 saturated carbocycles. The average Bonchev–Trinajstić information content (AvgIpc) is 2.68. The number of aryl methyl sites for hydroxylation is 1. The predicted octanol–water partition coefficient (Wildman–Crippen LogP) is 5.88. The van der Waals surface area contributed by atoms with Crippen molar-refractivity contribution in [3.63, 3.8) is 0 Å². The summed E-state index contributed by atoms with van der Waals surface area (Å²) in [4.78, 5) is 2.21. The van der Waals surface area contributed by atoms with Crippen LogP contribution in [0.2, 0.25) is 0 Å². The lowest BCUT2D eigenvalue weighted by Crippen LogP contribution is -2.21. The minimum absolute atomic E-state index is 0.0205. The Bertz CT molecular complexity index is 919. The van der Waals surface area contributed by atoms with E-state index in [-0.39, 0.29) is 5.16 Å². The van der Waals surface area contributed by atoms with E-state index < -0.39 is 0 Å². The van der Waals surface area contributed by atoms with Gasteiger partial charge in [0.15, 0.2) is 0 Å². The van der Waals surface area contributed by atoms with Crippen LogP contribution in [0.1, 0.15) is 30.5 Å². The largest absolute Gasteiger partial charge is 0.489 e. The Labute approximate surface area is 171 Å². The number of hydrogen-bond acceptors (Lipinski definition) is 2. The number of nitrogens with zero attached hydrogens (tertiary/aromatic N) is 1. The van der Waals surface area contributed by atoms with Crippen LogP contribution in [0.5, 0.6) is 5.75 Å². The number of ether oxygens (including phenoxy) is 1. The molecule has 0 radical (unpaired) electrons. The Morgan fingerprint density at radius 1 is 0.893 bits per heavy atom. The van der Waals surface area contributed by atoms with E-state index in [4.69, 9.17) is 4.74 Å². The number of para-hydroxylation sites is 1. The fourth-order valence-electron chi connectivity index (χ4n) is 3.37. The van der Waals surface area contributed by atoms with Crippen molar-refractivity contribution in [3.05, 3.63) is 89.5 Å². The minimum atomic E-state index is -0.0205. The van der Waals surface area contributed by atoms with Gasteiger partial charge in [0.1, 0.15) is 12.4 Å². The Balaban J connectivity index is 1.86. The number of anilines is 1. The molecule has 0 aliphatic carbocycles. The molecule has 0 fully saturated rings. The van der Waals surface area contributed by atoms with Gasteiger partial charge in [-0.3, -0.25) is 0 Å². The quantitative estimate of drug-likeness (QED) is 0.466. The maximum absolute atomic E-state index is 6.24. The summed E-state index contributed by atoms with van der Waals surface area (Å²) in [6.45, 7) is 7.37. The topological polar surface area (TPSA) is 12.5 Å². The van der Waals surface area contributed by atoms with Gasteiger partial charge in [0.25, 0.3) is 0 Å².